The molecule has 1 unspecified atom stereocenters. The summed E-state index contributed by atoms with van der Waals surface area (Å²) < 4.78 is 0. The Kier molecular flexibility index (Phi) is 3.04. The summed E-state index contributed by atoms with van der Waals surface area (Å²) in [6, 6.07) is 7.57. The minimum Gasteiger partial charge on any atom is -0.372 e. The second kappa shape index (κ2) is 5.06. The highest BCUT2D eigenvalue weighted by molar-refractivity contribution is 5.76. The molecule has 0 saturated carbocycles. The third kappa shape index (κ3) is 2.03. The zero-order valence-electron chi connectivity index (χ0n) is 11.7. The second-order valence-electron chi connectivity index (χ2n) is 5.33. The minimum absolute atomic E-state index is 0.623. The van der Waals surface area contributed by atoms with E-state index in [1.807, 2.05) is 23.7 Å². The number of hydrogen-bond donors (Lipinski definition) is 4. The van der Waals surface area contributed by atoms with E-state index in [0.717, 1.165) is 28.1 Å². The Morgan fingerprint density at radius 3 is 3.00 bits per heavy atom. The highest BCUT2D eigenvalue weighted by Crippen LogP contribution is 2.31. The molecule has 0 spiro atoms. The number of benzene rings is 1. The highest BCUT2D eigenvalue weighted by Gasteiger charge is 2.25. The lowest BCUT2D eigenvalue weighted by atomic mass is 10.0. The number of nitrogens with one attached hydrogen (secondary N) is 2. The van der Waals surface area contributed by atoms with Crippen LogP contribution in [0.1, 0.15) is 22.9 Å². The summed E-state index contributed by atoms with van der Waals surface area (Å²) in [6.45, 7) is 1.33. The van der Waals surface area contributed by atoms with Crippen molar-refractivity contribution in [3.8, 4) is 0 Å². The van der Waals surface area contributed by atoms with Gasteiger partial charge in [-0.25, -0.2) is 4.98 Å². The van der Waals surface area contributed by atoms with Gasteiger partial charge >= 0.3 is 0 Å². The van der Waals surface area contributed by atoms with Crippen molar-refractivity contribution in [1.82, 2.24) is 20.4 Å². The summed E-state index contributed by atoms with van der Waals surface area (Å²) in [4.78, 5) is 14.0. The Labute approximate surface area is 126 Å². The lowest BCUT2D eigenvalue weighted by Gasteiger charge is -2.15. The van der Waals surface area contributed by atoms with E-state index < -0.39 is 6.23 Å². The van der Waals surface area contributed by atoms with Crippen molar-refractivity contribution in [2.45, 2.75) is 19.3 Å². The quantitative estimate of drug-likeness (QED) is 0.431. The van der Waals surface area contributed by atoms with Crippen molar-refractivity contribution in [2.75, 3.05) is 4.90 Å². The van der Waals surface area contributed by atoms with Crippen molar-refractivity contribution in [2.24, 2.45) is 0 Å². The Morgan fingerprint density at radius 1 is 1.27 bits per heavy atom. The van der Waals surface area contributed by atoms with Gasteiger partial charge in [-0.3, -0.25) is 4.98 Å². The number of pyridine rings is 1. The molecule has 3 aromatic rings. The number of H-pyrrole nitrogens is 1. The summed E-state index contributed by atoms with van der Waals surface area (Å²) in [5.74, 6) is 0.775. The highest BCUT2D eigenvalue weighted by atomic mass is 16.5. The van der Waals surface area contributed by atoms with Gasteiger partial charge in [-0.2, -0.15) is 5.48 Å². The molecule has 1 aliphatic rings. The molecule has 1 aromatic carbocycles. The van der Waals surface area contributed by atoms with E-state index in [9.17, 15) is 5.11 Å². The van der Waals surface area contributed by atoms with E-state index in [1.165, 1.54) is 0 Å². The zero-order chi connectivity index (χ0) is 15.1. The van der Waals surface area contributed by atoms with Gasteiger partial charge in [0.05, 0.1) is 17.2 Å². The first-order valence-electron chi connectivity index (χ1n) is 6.99. The Bertz CT molecular complexity index is 799. The van der Waals surface area contributed by atoms with Crippen LogP contribution in [0, 0.1) is 0 Å². The maximum Gasteiger partial charge on any atom is 0.204 e. The fourth-order valence-corrected chi connectivity index (χ4v) is 2.92. The predicted molar refractivity (Wildman–Crippen MR) is 80.1 cm³/mol. The lowest BCUT2D eigenvalue weighted by Crippen LogP contribution is -2.19. The van der Waals surface area contributed by atoms with Crippen molar-refractivity contribution in [3.63, 3.8) is 0 Å². The maximum atomic E-state index is 9.85. The Hall–Kier alpha value is -2.48. The summed E-state index contributed by atoms with van der Waals surface area (Å²) in [6.07, 6.45) is 2.38. The van der Waals surface area contributed by atoms with E-state index in [-0.39, 0.29) is 0 Å². The van der Waals surface area contributed by atoms with Gasteiger partial charge in [0.1, 0.15) is 0 Å². The number of fused-ring (bicyclic) bond motifs is 2. The first kappa shape index (κ1) is 13.2. The first-order valence-corrected chi connectivity index (χ1v) is 6.99. The fraction of sp³-hybridized carbons (Fsp3) is 0.200. The average Bonchev–Trinajstić information content (AvgIpc) is 3.16. The molecule has 0 amide bonds. The topological polar surface area (TPSA) is 97.3 Å². The van der Waals surface area contributed by atoms with Crippen LogP contribution in [0.25, 0.3) is 11.0 Å². The number of rotatable bonds is 3. The average molecular weight is 297 g/mol. The predicted octanol–water partition coefficient (Wildman–Crippen LogP) is 1.45. The van der Waals surface area contributed by atoms with Crippen LogP contribution in [0.5, 0.6) is 0 Å². The van der Waals surface area contributed by atoms with Crippen molar-refractivity contribution >= 4 is 17.0 Å². The fourth-order valence-electron chi connectivity index (χ4n) is 2.92. The number of aliphatic hydroxyl groups excluding tert-OH is 1. The molecule has 1 atom stereocenters. The zero-order valence-corrected chi connectivity index (χ0v) is 11.7. The summed E-state index contributed by atoms with van der Waals surface area (Å²) in [5, 5.41) is 18.8. The molecule has 4 N–H and O–H groups in total. The minimum atomic E-state index is -1.09. The molecule has 22 heavy (non-hydrogen) atoms. The maximum absolute atomic E-state index is 9.85. The summed E-state index contributed by atoms with van der Waals surface area (Å²) in [7, 11) is 0. The Morgan fingerprint density at radius 2 is 2.18 bits per heavy atom. The Balaban J connectivity index is 1.69. The largest absolute Gasteiger partial charge is 0.372 e. The molecule has 7 heteroatoms. The number of hydrogen-bond acceptors (Lipinski definition) is 6. The van der Waals surface area contributed by atoms with Crippen LogP contribution in [-0.4, -0.2) is 25.3 Å². The molecule has 112 valence electrons. The number of nitrogens with zero attached hydrogens (tertiary/aromatic N) is 3. The molecule has 0 bridgehead atoms. The molecular weight excluding hydrogens is 282 g/mol. The van der Waals surface area contributed by atoms with E-state index in [0.29, 0.717) is 18.7 Å². The third-order valence-electron chi connectivity index (χ3n) is 4.01. The van der Waals surface area contributed by atoms with Crippen LogP contribution < -0.4 is 10.4 Å². The van der Waals surface area contributed by atoms with E-state index in [4.69, 9.17) is 5.21 Å². The molecule has 0 saturated heterocycles. The van der Waals surface area contributed by atoms with Gasteiger partial charge in [-0.15, -0.1) is 0 Å². The van der Waals surface area contributed by atoms with Gasteiger partial charge < -0.3 is 20.2 Å². The van der Waals surface area contributed by atoms with Gasteiger partial charge in [0.2, 0.25) is 5.95 Å². The van der Waals surface area contributed by atoms with Crippen LogP contribution in [0.2, 0.25) is 0 Å². The van der Waals surface area contributed by atoms with Gasteiger partial charge in [-0.1, -0.05) is 18.2 Å². The third-order valence-corrected chi connectivity index (χ3v) is 4.01. The smallest absolute Gasteiger partial charge is 0.204 e. The van der Waals surface area contributed by atoms with Crippen molar-refractivity contribution in [3.05, 3.63) is 53.3 Å². The molecule has 3 heterocycles. The molecular formula is C15H15N5O2. The molecule has 4 rings (SSSR count). The lowest BCUT2D eigenvalue weighted by molar-refractivity contribution is 0.000234. The number of aromatic nitrogens is 3. The number of aromatic amines is 1. The van der Waals surface area contributed by atoms with Gasteiger partial charge in [0.15, 0.2) is 6.23 Å². The van der Waals surface area contributed by atoms with E-state index in [2.05, 4.69) is 19.9 Å². The number of hydroxylamine groups is 1. The van der Waals surface area contributed by atoms with E-state index in [1.54, 1.807) is 18.5 Å². The van der Waals surface area contributed by atoms with E-state index >= 15 is 0 Å². The second-order valence-corrected chi connectivity index (χ2v) is 5.33. The molecule has 2 aromatic heterocycles. The van der Waals surface area contributed by atoms with Crippen molar-refractivity contribution in [1.29, 1.82) is 0 Å². The summed E-state index contributed by atoms with van der Waals surface area (Å²) >= 11 is 0. The van der Waals surface area contributed by atoms with Crippen LogP contribution >= 0.6 is 0 Å². The number of aliphatic hydroxyl groups is 1. The molecule has 0 fully saturated rings. The van der Waals surface area contributed by atoms with Gasteiger partial charge in [-0.05, 0) is 17.2 Å². The summed E-state index contributed by atoms with van der Waals surface area (Å²) in [5.41, 5.74) is 6.47. The number of imidazole rings is 1. The van der Waals surface area contributed by atoms with Crippen LogP contribution in [0.15, 0.2) is 36.7 Å². The molecule has 0 radical (unpaired) electrons. The molecule has 1 aliphatic heterocycles. The monoisotopic (exact) mass is 297 g/mol. The van der Waals surface area contributed by atoms with Gasteiger partial charge in [0.25, 0.3) is 0 Å². The van der Waals surface area contributed by atoms with Crippen LogP contribution in [-0.2, 0) is 13.1 Å². The SMILES string of the molecule is ONC(O)c1cccc2c1CN(c1nc3ccncc3[nH]1)C2. The molecule has 0 aliphatic carbocycles. The van der Waals surface area contributed by atoms with Crippen molar-refractivity contribution < 1.29 is 10.3 Å². The van der Waals surface area contributed by atoms with Crippen LogP contribution in [0.4, 0.5) is 5.95 Å². The van der Waals surface area contributed by atoms with Crippen LogP contribution in [0.3, 0.4) is 0 Å². The standard InChI is InChI=1S/C15H15N5O2/c21-14(19-22)10-3-1-2-9-7-20(8-11(9)10)15-17-12-4-5-16-6-13(12)18-15/h1-6,14,19,21-22H,7-8H2,(H,17,18). The number of anilines is 1. The molecule has 7 nitrogen and oxygen atoms in total. The normalized spacial score (nSPS) is 15.3. The van der Waals surface area contributed by atoms with Gasteiger partial charge in [0, 0.05) is 24.8 Å². The first-order chi connectivity index (χ1) is 10.8.